The van der Waals surface area contributed by atoms with Gasteiger partial charge < -0.3 is 10.4 Å². The van der Waals surface area contributed by atoms with Gasteiger partial charge in [-0.15, -0.1) is 11.8 Å². The van der Waals surface area contributed by atoms with E-state index in [-0.39, 0.29) is 0 Å². The molecule has 1 aromatic carbocycles. The number of aromatic nitrogens is 1. The quantitative estimate of drug-likeness (QED) is 0.820. The molecule has 2 aromatic rings. The van der Waals surface area contributed by atoms with Gasteiger partial charge in [0.1, 0.15) is 4.88 Å². The number of hydrogen-bond acceptors (Lipinski definition) is 5. The molecule has 0 fully saturated rings. The third-order valence-corrected chi connectivity index (χ3v) is 4.27. The summed E-state index contributed by atoms with van der Waals surface area (Å²) in [7, 11) is 0. The summed E-state index contributed by atoms with van der Waals surface area (Å²) in [5.74, 6) is -0.916. The third kappa shape index (κ3) is 3.27. The van der Waals surface area contributed by atoms with Gasteiger partial charge in [-0.25, -0.2) is 9.78 Å². The minimum absolute atomic E-state index is 0.311. The molecule has 0 aliphatic heterocycles. The topological polar surface area (TPSA) is 62.2 Å². The van der Waals surface area contributed by atoms with Crippen molar-refractivity contribution < 1.29 is 9.90 Å². The van der Waals surface area contributed by atoms with E-state index < -0.39 is 5.97 Å². The van der Waals surface area contributed by atoms with E-state index in [0.29, 0.717) is 22.1 Å². The molecular weight excluding hydrogens is 280 g/mol. The third-order valence-electron chi connectivity index (χ3n) is 2.55. The molecule has 6 heteroatoms. The number of aryl methyl sites for hydroxylation is 1. The lowest BCUT2D eigenvalue weighted by atomic mass is 10.3. The van der Waals surface area contributed by atoms with Crippen molar-refractivity contribution in [3.63, 3.8) is 0 Å². The number of carboxylic acid groups (broad SMARTS) is 1. The van der Waals surface area contributed by atoms with Gasteiger partial charge >= 0.3 is 5.97 Å². The molecular formula is C13H14N2O2S2. The molecule has 0 radical (unpaired) electrons. The standard InChI is InChI=1S/C13H14N2O2S2/c1-3-10-11(12(16)17)19-13(15-10)14-8-5-4-6-9(7-8)18-2/h4-7H,3H2,1-2H3,(H,14,15)(H,16,17). The van der Waals surface area contributed by atoms with E-state index in [0.717, 1.165) is 10.6 Å². The molecule has 0 amide bonds. The Labute approximate surface area is 119 Å². The van der Waals surface area contributed by atoms with Crippen LogP contribution in [0, 0.1) is 0 Å². The summed E-state index contributed by atoms with van der Waals surface area (Å²) in [6, 6.07) is 7.93. The molecule has 4 nitrogen and oxygen atoms in total. The molecule has 100 valence electrons. The lowest BCUT2D eigenvalue weighted by molar-refractivity contribution is 0.0701. The number of aromatic carboxylic acids is 1. The number of carbonyl (C=O) groups is 1. The summed E-state index contributed by atoms with van der Waals surface area (Å²) in [6.45, 7) is 1.90. The highest BCUT2D eigenvalue weighted by Crippen LogP contribution is 2.28. The van der Waals surface area contributed by atoms with Crippen LogP contribution in [-0.2, 0) is 6.42 Å². The van der Waals surface area contributed by atoms with Crippen LogP contribution >= 0.6 is 23.1 Å². The Morgan fingerprint density at radius 2 is 2.32 bits per heavy atom. The van der Waals surface area contributed by atoms with E-state index in [1.807, 2.05) is 37.4 Å². The van der Waals surface area contributed by atoms with Crippen LogP contribution in [0.15, 0.2) is 29.2 Å². The summed E-state index contributed by atoms with van der Waals surface area (Å²) in [4.78, 5) is 16.9. The Morgan fingerprint density at radius 1 is 1.53 bits per heavy atom. The van der Waals surface area contributed by atoms with Crippen LogP contribution < -0.4 is 5.32 Å². The highest BCUT2D eigenvalue weighted by atomic mass is 32.2. The van der Waals surface area contributed by atoms with E-state index in [1.165, 1.54) is 11.3 Å². The molecule has 2 N–H and O–H groups in total. The molecule has 0 saturated carbocycles. The zero-order valence-corrected chi connectivity index (χ0v) is 12.3. The monoisotopic (exact) mass is 294 g/mol. The Bertz CT molecular complexity index is 596. The Kier molecular flexibility index (Phi) is 4.44. The second kappa shape index (κ2) is 6.08. The van der Waals surface area contributed by atoms with Crippen molar-refractivity contribution in [3.8, 4) is 0 Å². The zero-order valence-electron chi connectivity index (χ0n) is 10.6. The molecule has 0 spiro atoms. The van der Waals surface area contributed by atoms with E-state index in [2.05, 4.69) is 10.3 Å². The average molecular weight is 294 g/mol. The normalized spacial score (nSPS) is 10.4. The van der Waals surface area contributed by atoms with E-state index >= 15 is 0 Å². The smallest absolute Gasteiger partial charge is 0.347 e. The number of thioether (sulfide) groups is 1. The van der Waals surface area contributed by atoms with Gasteiger partial charge in [0, 0.05) is 10.6 Å². The second-order valence-corrected chi connectivity index (χ2v) is 5.69. The number of nitrogens with zero attached hydrogens (tertiary/aromatic N) is 1. The predicted octanol–water partition coefficient (Wildman–Crippen LogP) is 3.87. The van der Waals surface area contributed by atoms with Crippen LogP contribution in [0.1, 0.15) is 22.3 Å². The van der Waals surface area contributed by atoms with Gasteiger partial charge in [-0.2, -0.15) is 0 Å². The van der Waals surface area contributed by atoms with Gasteiger partial charge in [-0.05, 0) is 30.9 Å². The molecule has 0 atom stereocenters. The first-order valence-corrected chi connectivity index (χ1v) is 7.82. The van der Waals surface area contributed by atoms with Crippen molar-refractivity contribution in [1.82, 2.24) is 4.98 Å². The number of nitrogens with one attached hydrogen (secondary N) is 1. The van der Waals surface area contributed by atoms with Crippen molar-refractivity contribution in [2.75, 3.05) is 11.6 Å². The van der Waals surface area contributed by atoms with Gasteiger partial charge in [0.05, 0.1) is 5.69 Å². The first-order chi connectivity index (χ1) is 9.13. The van der Waals surface area contributed by atoms with E-state index in [4.69, 9.17) is 5.11 Å². The number of hydrogen-bond donors (Lipinski definition) is 2. The zero-order chi connectivity index (χ0) is 13.8. The van der Waals surface area contributed by atoms with Crippen molar-refractivity contribution in [3.05, 3.63) is 34.8 Å². The van der Waals surface area contributed by atoms with Crippen LogP contribution in [0.25, 0.3) is 0 Å². The Balaban J connectivity index is 2.25. The number of rotatable bonds is 5. The maximum atomic E-state index is 11.1. The van der Waals surface area contributed by atoms with Crippen LogP contribution in [-0.4, -0.2) is 22.3 Å². The molecule has 19 heavy (non-hydrogen) atoms. The van der Waals surface area contributed by atoms with Gasteiger partial charge in [0.2, 0.25) is 0 Å². The van der Waals surface area contributed by atoms with Crippen LogP contribution in [0.4, 0.5) is 10.8 Å². The SMILES string of the molecule is CCc1nc(Nc2cccc(SC)c2)sc1C(=O)O. The number of anilines is 2. The first-order valence-electron chi connectivity index (χ1n) is 5.78. The Morgan fingerprint density at radius 3 is 2.89 bits per heavy atom. The van der Waals surface area contributed by atoms with E-state index in [1.54, 1.807) is 11.8 Å². The molecule has 1 aromatic heterocycles. The highest BCUT2D eigenvalue weighted by Gasteiger charge is 2.15. The van der Waals surface area contributed by atoms with Crippen LogP contribution in [0.5, 0.6) is 0 Å². The lowest BCUT2D eigenvalue weighted by Crippen LogP contribution is -1.97. The van der Waals surface area contributed by atoms with Gasteiger partial charge in [0.15, 0.2) is 5.13 Å². The summed E-state index contributed by atoms with van der Waals surface area (Å²) >= 11 is 2.83. The molecule has 0 aliphatic rings. The van der Waals surface area contributed by atoms with Crippen LogP contribution in [0.2, 0.25) is 0 Å². The molecule has 0 unspecified atom stereocenters. The number of carboxylic acids is 1. The molecule has 0 saturated heterocycles. The fourth-order valence-corrected chi connectivity index (χ4v) is 3.01. The Hall–Kier alpha value is -1.53. The fourth-order valence-electron chi connectivity index (χ4n) is 1.64. The summed E-state index contributed by atoms with van der Waals surface area (Å²) in [5.41, 5.74) is 1.54. The van der Waals surface area contributed by atoms with Gasteiger partial charge in [-0.3, -0.25) is 0 Å². The minimum Gasteiger partial charge on any atom is -0.477 e. The van der Waals surface area contributed by atoms with Crippen molar-refractivity contribution in [2.24, 2.45) is 0 Å². The molecule has 0 aliphatic carbocycles. The predicted molar refractivity (Wildman–Crippen MR) is 80.0 cm³/mol. The fraction of sp³-hybridized carbons (Fsp3) is 0.231. The minimum atomic E-state index is -0.916. The maximum Gasteiger partial charge on any atom is 0.347 e. The van der Waals surface area contributed by atoms with Crippen molar-refractivity contribution in [1.29, 1.82) is 0 Å². The molecule has 2 rings (SSSR count). The maximum absolute atomic E-state index is 11.1. The summed E-state index contributed by atoms with van der Waals surface area (Å²) in [6.07, 6.45) is 2.63. The lowest BCUT2D eigenvalue weighted by Gasteiger charge is -2.03. The largest absolute Gasteiger partial charge is 0.477 e. The number of benzene rings is 1. The second-order valence-electron chi connectivity index (χ2n) is 3.81. The molecule has 0 bridgehead atoms. The average Bonchev–Trinajstić information content (AvgIpc) is 2.82. The van der Waals surface area contributed by atoms with Crippen molar-refractivity contribution >= 4 is 39.9 Å². The van der Waals surface area contributed by atoms with E-state index in [9.17, 15) is 4.79 Å². The van der Waals surface area contributed by atoms with Gasteiger partial charge in [-0.1, -0.05) is 24.3 Å². The van der Waals surface area contributed by atoms with Gasteiger partial charge in [0.25, 0.3) is 0 Å². The van der Waals surface area contributed by atoms with Crippen LogP contribution in [0.3, 0.4) is 0 Å². The number of thiazole rings is 1. The first kappa shape index (κ1) is 13.9. The van der Waals surface area contributed by atoms with Crippen molar-refractivity contribution in [2.45, 2.75) is 18.2 Å². The summed E-state index contributed by atoms with van der Waals surface area (Å²) in [5, 5.41) is 12.9. The highest BCUT2D eigenvalue weighted by molar-refractivity contribution is 7.98. The summed E-state index contributed by atoms with van der Waals surface area (Å²) < 4.78 is 0. The molecule has 1 heterocycles.